The average molecular weight is 424 g/mol. The SMILES string of the molecule is CC(NS(=O)(=O)c1cccc(C(=O)N[C@H]2CCCNC2)c1)c1ccccc1.Cl. The number of hydrogen-bond acceptors (Lipinski definition) is 4. The Morgan fingerprint density at radius 3 is 2.57 bits per heavy atom. The highest BCUT2D eigenvalue weighted by Crippen LogP contribution is 2.18. The molecule has 0 bridgehead atoms. The van der Waals surface area contributed by atoms with E-state index >= 15 is 0 Å². The highest BCUT2D eigenvalue weighted by Gasteiger charge is 2.21. The smallest absolute Gasteiger partial charge is 0.251 e. The summed E-state index contributed by atoms with van der Waals surface area (Å²) in [5, 5.41) is 6.21. The van der Waals surface area contributed by atoms with Gasteiger partial charge in [0.1, 0.15) is 0 Å². The van der Waals surface area contributed by atoms with Crippen molar-refractivity contribution in [2.24, 2.45) is 0 Å². The molecule has 3 N–H and O–H groups in total. The molecule has 2 atom stereocenters. The van der Waals surface area contributed by atoms with E-state index in [1.165, 1.54) is 12.1 Å². The van der Waals surface area contributed by atoms with Crippen LogP contribution in [0.2, 0.25) is 0 Å². The quantitative estimate of drug-likeness (QED) is 0.666. The molecule has 1 heterocycles. The van der Waals surface area contributed by atoms with E-state index in [4.69, 9.17) is 0 Å². The Labute approximate surface area is 172 Å². The minimum absolute atomic E-state index is 0. The molecule has 3 rings (SSSR count). The molecule has 1 aliphatic rings. The van der Waals surface area contributed by atoms with Gasteiger partial charge in [0.2, 0.25) is 10.0 Å². The fourth-order valence-corrected chi connectivity index (χ4v) is 4.44. The average Bonchev–Trinajstić information content (AvgIpc) is 2.69. The number of carbonyl (C=O) groups excluding carboxylic acids is 1. The number of sulfonamides is 1. The van der Waals surface area contributed by atoms with E-state index in [0.717, 1.165) is 31.5 Å². The molecule has 1 unspecified atom stereocenters. The summed E-state index contributed by atoms with van der Waals surface area (Å²) in [6.07, 6.45) is 1.94. The number of nitrogens with one attached hydrogen (secondary N) is 3. The summed E-state index contributed by atoms with van der Waals surface area (Å²) in [6.45, 7) is 3.49. The van der Waals surface area contributed by atoms with E-state index in [0.29, 0.717) is 5.56 Å². The summed E-state index contributed by atoms with van der Waals surface area (Å²) in [5.74, 6) is -0.253. The summed E-state index contributed by atoms with van der Waals surface area (Å²) in [7, 11) is -3.74. The summed E-state index contributed by atoms with van der Waals surface area (Å²) in [5.41, 5.74) is 1.22. The minimum atomic E-state index is -3.74. The van der Waals surface area contributed by atoms with Crippen LogP contribution in [0.25, 0.3) is 0 Å². The number of piperidine rings is 1. The molecule has 1 saturated heterocycles. The van der Waals surface area contributed by atoms with Crippen LogP contribution in [0.1, 0.15) is 41.7 Å². The molecule has 0 aromatic heterocycles. The van der Waals surface area contributed by atoms with Crippen LogP contribution in [0.4, 0.5) is 0 Å². The molecule has 0 saturated carbocycles. The summed E-state index contributed by atoms with van der Waals surface area (Å²) in [6, 6.07) is 15.2. The molecule has 152 valence electrons. The number of halogens is 1. The first kappa shape index (κ1) is 22.4. The maximum absolute atomic E-state index is 12.7. The van der Waals surface area contributed by atoms with Gasteiger partial charge in [-0.15, -0.1) is 12.4 Å². The van der Waals surface area contributed by atoms with Gasteiger partial charge in [-0.2, -0.15) is 0 Å². The van der Waals surface area contributed by atoms with Gasteiger partial charge >= 0.3 is 0 Å². The van der Waals surface area contributed by atoms with E-state index in [2.05, 4.69) is 15.4 Å². The van der Waals surface area contributed by atoms with Crippen LogP contribution in [0.3, 0.4) is 0 Å². The Morgan fingerprint density at radius 1 is 1.14 bits per heavy atom. The molecule has 1 aliphatic heterocycles. The molecule has 2 aromatic rings. The van der Waals surface area contributed by atoms with Crippen LogP contribution >= 0.6 is 12.4 Å². The Morgan fingerprint density at radius 2 is 1.89 bits per heavy atom. The minimum Gasteiger partial charge on any atom is -0.348 e. The van der Waals surface area contributed by atoms with Crippen molar-refractivity contribution in [1.82, 2.24) is 15.4 Å². The third-order valence-electron chi connectivity index (χ3n) is 4.67. The maximum atomic E-state index is 12.7. The van der Waals surface area contributed by atoms with E-state index in [9.17, 15) is 13.2 Å². The third kappa shape index (κ3) is 5.78. The second-order valence-corrected chi connectivity index (χ2v) is 8.51. The predicted molar refractivity (Wildman–Crippen MR) is 112 cm³/mol. The van der Waals surface area contributed by atoms with Crippen molar-refractivity contribution in [2.75, 3.05) is 13.1 Å². The highest BCUT2D eigenvalue weighted by molar-refractivity contribution is 7.89. The van der Waals surface area contributed by atoms with Gasteiger partial charge in [0.25, 0.3) is 5.91 Å². The molecule has 1 fully saturated rings. The van der Waals surface area contributed by atoms with Crippen molar-refractivity contribution in [1.29, 1.82) is 0 Å². The van der Waals surface area contributed by atoms with Gasteiger partial charge in [-0.05, 0) is 50.1 Å². The summed E-state index contributed by atoms with van der Waals surface area (Å²) >= 11 is 0. The summed E-state index contributed by atoms with van der Waals surface area (Å²) in [4.78, 5) is 12.6. The van der Waals surface area contributed by atoms with Gasteiger partial charge in [-0.1, -0.05) is 36.4 Å². The van der Waals surface area contributed by atoms with Crippen LogP contribution in [-0.2, 0) is 10.0 Å². The first-order valence-electron chi connectivity index (χ1n) is 9.14. The van der Waals surface area contributed by atoms with Gasteiger partial charge in [-0.25, -0.2) is 13.1 Å². The molecule has 0 radical (unpaired) electrons. The zero-order valence-corrected chi connectivity index (χ0v) is 17.4. The topological polar surface area (TPSA) is 87.3 Å². The standard InChI is InChI=1S/C20H25N3O3S.ClH/c1-15(16-7-3-2-4-8-16)23-27(25,26)19-11-5-9-17(13-19)20(24)22-18-10-6-12-21-14-18;/h2-5,7-9,11,13,15,18,21,23H,6,10,12,14H2,1H3,(H,22,24);1H/t15?,18-;/m0./s1. The van der Waals surface area contributed by atoms with Crippen LogP contribution in [0.5, 0.6) is 0 Å². The first-order valence-corrected chi connectivity index (χ1v) is 10.6. The molecule has 2 aromatic carbocycles. The molecule has 6 nitrogen and oxygen atoms in total. The largest absolute Gasteiger partial charge is 0.348 e. The normalized spacial score (nSPS) is 18.0. The lowest BCUT2D eigenvalue weighted by molar-refractivity contribution is 0.0930. The number of amides is 1. The van der Waals surface area contributed by atoms with E-state index in [1.807, 2.05) is 30.3 Å². The van der Waals surface area contributed by atoms with Gasteiger partial charge in [-0.3, -0.25) is 4.79 Å². The Bertz CT molecular complexity index is 885. The lowest BCUT2D eigenvalue weighted by atomic mass is 10.1. The molecular formula is C20H26ClN3O3S. The maximum Gasteiger partial charge on any atom is 0.251 e. The lowest BCUT2D eigenvalue weighted by Gasteiger charge is -2.23. The third-order valence-corrected chi connectivity index (χ3v) is 6.21. The van der Waals surface area contributed by atoms with Gasteiger partial charge in [0.05, 0.1) is 4.90 Å². The number of hydrogen-bond donors (Lipinski definition) is 3. The van der Waals surface area contributed by atoms with Crippen molar-refractivity contribution < 1.29 is 13.2 Å². The number of rotatable bonds is 6. The zero-order chi connectivity index (χ0) is 19.3. The zero-order valence-electron chi connectivity index (χ0n) is 15.7. The second-order valence-electron chi connectivity index (χ2n) is 6.80. The lowest BCUT2D eigenvalue weighted by Crippen LogP contribution is -2.45. The van der Waals surface area contributed by atoms with Crippen LogP contribution in [0.15, 0.2) is 59.5 Å². The molecule has 8 heteroatoms. The van der Waals surface area contributed by atoms with Crippen LogP contribution in [-0.4, -0.2) is 33.5 Å². The molecule has 0 spiro atoms. The van der Waals surface area contributed by atoms with Crippen molar-refractivity contribution in [3.63, 3.8) is 0 Å². The van der Waals surface area contributed by atoms with E-state index in [-0.39, 0.29) is 35.3 Å². The molecule has 28 heavy (non-hydrogen) atoms. The Hall–Kier alpha value is -1.93. The highest BCUT2D eigenvalue weighted by atomic mass is 35.5. The van der Waals surface area contributed by atoms with Crippen molar-refractivity contribution in [3.05, 3.63) is 65.7 Å². The molecule has 0 aliphatic carbocycles. The number of benzene rings is 2. The summed E-state index contributed by atoms with van der Waals surface area (Å²) < 4.78 is 28.1. The fraction of sp³-hybridized carbons (Fsp3) is 0.350. The van der Waals surface area contributed by atoms with Crippen molar-refractivity contribution in [3.8, 4) is 0 Å². The second kappa shape index (κ2) is 10.0. The molecular weight excluding hydrogens is 398 g/mol. The van der Waals surface area contributed by atoms with Crippen molar-refractivity contribution in [2.45, 2.75) is 36.7 Å². The van der Waals surface area contributed by atoms with Crippen molar-refractivity contribution >= 4 is 28.3 Å². The van der Waals surface area contributed by atoms with Gasteiger partial charge in [0, 0.05) is 24.2 Å². The first-order chi connectivity index (χ1) is 13.0. The van der Waals surface area contributed by atoms with Gasteiger partial charge < -0.3 is 10.6 Å². The predicted octanol–water partition coefficient (Wildman–Crippen LogP) is 2.63. The van der Waals surface area contributed by atoms with Gasteiger partial charge in [0.15, 0.2) is 0 Å². The Kier molecular flexibility index (Phi) is 8.00. The van der Waals surface area contributed by atoms with Crippen LogP contribution in [0, 0.1) is 0 Å². The Balaban J connectivity index is 0.00000280. The van der Waals surface area contributed by atoms with Crippen LogP contribution < -0.4 is 15.4 Å². The monoisotopic (exact) mass is 423 g/mol. The fourth-order valence-electron chi connectivity index (χ4n) is 3.16. The number of carbonyl (C=O) groups is 1. The molecule has 1 amide bonds. The van der Waals surface area contributed by atoms with E-state index < -0.39 is 10.0 Å². The van der Waals surface area contributed by atoms with E-state index in [1.54, 1.807) is 19.1 Å².